The van der Waals surface area contributed by atoms with Crippen LogP contribution < -0.4 is 0 Å². The third-order valence-electron chi connectivity index (χ3n) is 1.45. The zero-order valence-corrected chi connectivity index (χ0v) is 7.87. The molecule has 0 saturated carbocycles. The molecule has 0 N–H and O–H groups in total. The Kier molecular flexibility index (Phi) is 2.50. The first kappa shape index (κ1) is 9.84. The van der Waals surface area contributed by atoms with Gasteiger partial charge in [-0.05, 0) is 0 Å². The lowest BCUT2D eigenvalue weighted by Gasteiger charge is -1.86. The van der Waals surface area contributed by atoms with Crippen molar-refractivity contribution in [2.45, 2.75) is 6.43 Å². The fraction of sp³-hybridized carbons (Fsp3) is 0.143. The van der Waals surface area contributed by atoms with Crippen molar-refractivity contribution < 1.29 is 18.0 Å². The van der Waals surface area contributed by atoms with Crippen LogP contribution in [0.1, 0.15) is 22.0 Å². The van der Waals surface area contributed by atoms with Crippen LogP contribution >= 0.6 is 11.3 Å². The van der Waals surface area contributed by atoms with Crippen molar-refractivity contribution in [1.82, 2.24) is 15.2 Å². The van der Waals surface area contributed by atoms with E-state index in [1.807, 2.05) is 0 Å². The number of alkyl halides is 2. The minimum absolute atomic E-state index is 0.108. The summed E-state index contributed by atoms with van der Waals surface area (Å²) < 4.78 is 28.8. The van der Waals surface area contributed by atoms with Gasteiger partial charge in [-0.3, -0.25) is 4.79 Å². The molecule has 0 atom stereocenters. The predicted octanol–water partition coefficient (Wildman–Crippen LogP) is 1.94. The normalized spacial score (nSPS) is 10.9. The van der Waals surface area contributed by atoms with E-state index in [2.05, 4.69) is 19.6 Å². The van der Waals surface area contributed by atoms with Crippen LogP contribution in [0.5, 0.6) is 0 Å². The number of aldehydes is 1. The van der Waals surface area contributed by atoms with Crippen molar-refractivity contribution in [2.75, 3.05) is 0 Å². The number of hydrogen-bond acceptors (Lipinski definition) is 6. The summed E-state index contributed by atoms with van der Waals surface area (Å²) in [4.78, 5) is 14.5. The molecular weight excluding hydrogens is 228 g/mol. The van der Waals surface area contributed by atoms with Gasteiger partial charge in [-0.25, -0.2) is 4.98 Å². The van der Waals surface area contributed by atoms with E-state index in [1.54, 1.807) is 0 Å². The molecule has 0 spiro atoms. The lowest BCUT2D eigenvalue weighted by Crippen LogP contribution is -1.81. The fourth-order valence-electron chi connectivity index (χ4n) is 0.849. The van der Waals surface area contributed by atoms with Crippen molar-refractivity contribution in [2.24, 2.45) is 0 Å². The average Bonchev–Trinajstić information content (AvgIpc) is 2.86. The molecule has 0 amide bonds. The van der Waals surface area contributed by atoms with Crippen molar-refractivity contribution in [3.8, 4) is 10.9 Å². The predicted molar refractivity (Wildman–Crippen MR) is 45.8 cm³/mol. The van der Waals surface area contributed by atoms with Gasteiger partial charge in [0, 0.05) is 6.20 Å². The Morgan fingerprint density at radius 3 is 2.80 bits per heavy atom. The summed E-state index contributed by atoms with van der Waals surface area (Å²) in [6, 6.07) is 0. The summed E-state index contributed by atoms with van der Waals surface area (Å²) in [5, 5.41) is 6.78. The van der Waals surface area contributed by atoms with Crippen molar-refractivity contribution in [1.29, 1.82) is 0 Å². The van der Waals surface area contributed by atoms with Crippen LogP contribution in [0.25, 0.3) is 10.9 Å². The lowest BCUT2D eigenvalue weighted by molar-refractivity contribution is 0.112. The van der Waals surface area contributed by atoms with Gasteiger partial charge in [0.05, 0.1) is 4.88 Å². The number of nitrogens with zero attached hydrogens (tertiary/aromatic N) is 3. The first-order chi connectivity index (χ1) is 7.20. The summed E-state index contributed by atoms with van der Waals surface area (Å²) in [6.45, 7) is 0. The summed E-state index contributed by atoms with van der Waals surface area (Å²) in [5.41, 5.74) is 0. The van der Waals surface area contributed by atoms with E-state index in [0.717, 1.165) is 11.3 Å². The minimum atomic E-state index is -2.81. The van der Waals surface area contributed by atoms with Crippen LogP contribution in [-0.2, 0) is 0 Å². The topological polar surface area (TPSA) is 68.9 Å². The molecule has 0 bridgehead atoms. The molecule has 2 rings (SSSR count). The van der Waals surface area contributed by atoms with Gasteiger partial charge in [0.15, 0.2) is 11.3 Å². The zero-order valence-electron chi connectivity index (χ0n) is 7.05. The van der Waals surface area contributed by atoms with Gasteiger partial charge in [0.1, 0.15) is 0 Å². The van der Waals surface area contributed by atoms with Crippen LogP contribution in [0.4, 0.5) is 8.78 Å². The van der Waals surface area contributed by atoms with Gasteiger partial charge >= 0.3 is 6.43 Å². The molecule has 0 aromatic carbocycles. The minimum Gasteiger partial charge on any atom is -0.413 e. The Morgan fingerprint density at radius 2 is 2.27 bits per heavy atom. The Hall–Kier alpha value is -1.70. The number of hydrogen-bond donors (Lipinski definition) is 0. The fourth-order valence-corrected chi connectivity index (χ4v) is 1.50. The monoisotopic (exact) mass is 231 g/mol. The highest BCUT2D eigenvalue weighted by atomic mass is 32.1. The average molecular weight is 231 g/mol. The SMILES string of the molecule is O=Cc1cnc(-c2nnc(C(F)F)o2)s1. The maximum absolute atomic E-state index is 12.1. The molecule has 0 aliphatic heterocycles. The molecule has 0 aliphatic carbocycles. The Morgan fingerprint density at radius 1 is 1.47 bits per heavy atom. The molecule has 2 heterocycles. The number of rotatable bonds is 3. The highest BCUT2D eigenvalue weighted by molar-refractivity contribution is 7.16. The Balaban J connectivity index is 2.32. The first-order valence-electron chi connectivity index (χ1n) is 3.73. The van der Waals surface area contributed by atoms with Crippen molar-refractivity contribution in [3.05, 3.63) is 17.0 Å². The third-order valence-corrected chi connectivity index (χ3v) is 2.36. The standard InChI is InChI=1S/C7H3F2N3O2S/c8-4(9)5-11-12-6(14-5)7-10-1-3(2-13)15-7/h1-2,4H. The molecule has 0 saturated heterocycles. The zero-order chi connectivity index (χ0) is 10.8. The van der Waals surface area contributed by atoms with Crippen LogP contribution in [-0.4, -0.2) is 21.5 Å². The molecule has 0 unspecified atom stereocenters. The van der Waals surface area contributed by atoms with Crippen LogP contribution in [0.2, 0.25) is 0 Å². The number of thiazole rings is 1. The number of carbonyl (C=O) groups excluding carboxylic acids is 1. The molecule has 15 heavy (non-hydrogen) atoms. The quantitative estimate of drug-likeness (QED) is 0.755. The second-order valence-corrected chi connectivity index (χ2v) is 3.49. The Bertz CT molecular complexity index is 482. The first-order valence-corrected chi connectivity index (χ1v) is 4.55. The summed E-state index contributed by atoms with van der Waals surface area (Å²) in [6.07, 6.45) is -0.901. The van der Waals surface area contributed by atoms with E-state index in [-0.39, 0.29) is 10.9 Å². The van der Waals surface area contributed by atoms with Crippen LogP contribution in [0.3, 0.4) is 0 Å². The van der Waals surface area contributed by atoms with Crippen LogP contribution in [0, 0.1) is 0 Å². The summed E-state index contributed by atoms with van der Waals surface area (Å²) in [7, 11) is 0. The van der Waals surface area contributed by atoms with E-state index >= 15 is 0 Å². The Labute approximate surface area is 85.8 Å². The summed E-state index contributed by atoms with van der Waals surface area (Å²) in [5.74, 6) is -0.865. The number of carbonyl (C=O) groups is 1. The second-order valence-electron chi connectivity index (χ2n) is 2.43. The number of halogens is 2. The van der Waals surface area contributed by atoms with Crippen LogP contribution in [0.15, 0.2) is 10.6 Å². The molecule has 2 aromatic heterocycles. The van der Waals surface area contributed by atoms with Gasteiger partial charge in [0.2, 0.25) is 0 Å². The van der Waals surface area contributed by atoms with Gasteiger partial charge in [-0.15, -0.1) is 21.5 Å². The molecule has 0 fully saturated rings. The maximum atomic E-state index is 12.1. The van der Waals surface area contributed by atoms with E-state index in [1.165, 1.54) is 6.20 Å². The smallest absolute Gasteiger partial charge is 0.314 e. The maximum Gasteiger partial charge on any atom is 0.314 e. The van der Waals surface area contributed by atoms with Gasteiger partial charge in [-0.2, -0.15) is 8.78 Å². The van der Waals surface area contributed by atoms with E-state index in [0.29, 0.717) is 11.2 Å². The van der Waals surface area contributed by atoms with Gasteiger partial charge in [0.25, 0.3) is 11.8 Å². The van der Waals surface area contributed by atoms with Crippen molar-refractivity contribution >= 4 is 17.6 Å². The molecule has 0 radical (unpaired) electrons. The summed E-state index contributed by atoms with van der Waals surface area (Å²) >= 11 is 0.991. The number of aromatic nitrogens is 3. The second kappa shape index (κ2) is 3.81. The van der Waals surface area contributed by atoms with E-state index in [9.17, 15) is 13.6 Å². The molecule has 5 nitrogen and oxygen atoms in total. The largest absolute Gasteiger partial charge is 0.413 e. The van der Waals surface area contributed by atoms with E-state index < -0.39 is 12.3 Å². The molecular formula is C7H3F2N3O2S. The van der Waals surface area contributed by atoms with Gasteiger partial charge < -0.3 is 4.42 Å². The lowest BCUT2D eigenvalue weighted by atomic mass is 10.6. The third kappa shape index (κ3) is 1.89. The molecule has 78 valence electrons. The van der Waals surface area contributed by atoms with E-state index in [4.69, 9.17) is 0 Å². The molecule has 2 aromatic rings. The highest BCUT2D eigenvalue weighted by Crippen LogP contribution is 2.25. The van der Waals surface area contributed by atoms with Gasteiger partial charge in [-0.1, -0.05) is 0 Å². The molecule has 8 heteroatoms. The molecule has 0 aliphatic rings. The van der Waals surface area contributed by atoms with Crippen molar-refractivity contribution in [3.63, 3.8) is 0 Å². The highest BCUT2D eigenvalue weighted by Gasteiger charge is 2.18.